The first-order valence-electron chi connectivity index (χ1n) is 15.0. The molecule has 0 aromatic heterocycles. The molecule has 5 rings (SSSR count). The predicted molar refractivity (Wildman–Crippen MR) is 177 cm³/mol. The lowest BCUT2D eigenvalue weighted by molar-refractivity contribution is -0.139. The molecule has 244 valence electrons. The monoisotopic (exact) mass is 647 g/mol. The minimum atomic E-state index is -0.787. The predicted octanol–water partition coefficient (Wildman–Crippen LogP) is 5.02. The fraction of sp³-hybridized carbons (Fsp3) is 0.194. The van der Waals surface area contributed by atoms with Crippen LogP contribution in [0.4, 0.5) is 4.79 Å². The largest absolute Gasteiger partial charge is 0.493 e. The van der Waals surface area contributed by atoms with E-state index < -0.39 is 23.9 Å². The molecule has 4 aromatic rings. The SMILES string of the molecule is CCOC(=O)C1=C(C)NC(=O)N[C@@H]1c1ccc(OCC(=O)N/N=C/c2c(OCc3ccc(C#N)cc3)ccc3ccccc23)c(OC)c1. The van der Waals surface area contributed by atoms with Crippen molar-refractivity contribution in [2.24, 2.45) is 5.10 Å². The highest BCUT2D eigenvalue weighted by atomic mass is 16.5. The van der Waals surface area contributed by atoms with Crippen LogP contribution in [-0.2, 0) is 20.9 Å². The molecule has 3 N–H and O–H groups in total. The van der Waals surface area contributed by atoms with Crippen molar-refractivity contribution in [1.82, 2.24) is 16.1 Å². The summed E-state index contributed by atoms with van der Waals surface area (Å²) in [4.78, 5) is 37.6. The van der Waals surface area contributed by atoms with E-state index in [1.54, 1.807) is 44.2 Å². The van der Waals surface area contributed by atoms with Gasteiger partial charge in [0.25, 0.3) is 5.91 Å². The average Bonchev–Trinajstić information content (AvgIpc) is 3.10. The average molecular weight is 648 g/mol. The number of methoxy groups -OCH3 is 1. The van der Waals surface area contributed by atoms with Gasteiger partial charge in [-0.15, -0.1) is 0 Å². The molecule has 1 atom stereocenters. The maximum absolute atomic E-state index is 12.7. The van der Waals surface area contributed by atoms with Crippen molar-refractivity contribution in [3.05, 3.63) is 112 Å². The van der Waals surface area contributed by atoms with Crippen LogP contribution in [-0.4, -0.2) is 44.4 Å². The number of amides is 3. The molecule has 1 aliphatic rings. The number of benzene rings is 4. The summed E-state index contributed by atoms with van der Waals surface area (Å²) in [6.07, 6.45) is 1.52. The van der Waals surface area contributed by atoms with Gasteiger partial charge in [0.15, 0.2) is 18.1 Å². The Morgan fingerprint density at radius 1 is 1.00 bits per heavy atom. The zero-order valence-electron chi connectivity index (χ0n) is 26.5. The molecular formula is C36H33N5O7. The Morgan fingerprint density at radius 3 is 2.52 bits per heavy atom. The smallest absolute Gasteiger partial charge is 0.338 e. The lowest BCUT2D eigenvalue weighted by Gasteiger charge is -2.28. The normalized spacial score (nSPS) is 14.1. The fourth-order valence-corrected chi connectivity index (χ4v) is 5.12. The van der Waals surface area contributed by atoms with Crippen molar-refractivity contribution in [3.8, 4) is 23.3 Å². The minimum Gasteiger partial charge on any atom is -0.493 e. The van der Waals surface area contributed by atoms with Crippen LogP contribution in [0.2, 0.25) is 0 Å². The Bertz CT molecular complexity index is 1950. The van der Waals surface area contributed by atoms with E-state index in [-0.39, 0.29) is 36.9 Å². The van der Waals surface area contributed by atoms with E-state index in [2.05, 4.69) is 27.2 Å². The van der Waals surface area contributed by atoms with E-state index in [1.807, 2.05) is 48.5 Å². The van der Waals surface area contributed by atoms with Gasteiger partial charge in [-0.05, 0) is 66.1 Å². The first kappa shape index (κ1) is 33.0. The number of hydrogen-bond donors (Lipinski definition) is 3. The second-order valence-corrected chi connectivity index (χ2v) is 10.6. The van der Waals surface area contributed by atoms with Crippen molar-refractivity contribution < 1.29 is 33.3 Å². The van der Waals surface area contributed by atoms with Crippen LogP contribution in [0, 0.1) is 11.3 Å². The zero-order valence-corrected chi connectivity index (χ0v) is 26.5. The molecule has 48 heavy (non-hydrogen) atoms. The third kappa shape index (κ3) is 7.71. The Labute approximate surface area is 276 Å². The summed E-state index contributed by atoms with van der Waals surface area (Å²) in [6, 6.07) is 24.4. The molecule has 0 unspecified atom stereocenters. The number of carbonyl (C=O) groups is 3. The number of fused-ring (bicyclic) bond motifs is 1. The molecule has 0 aliphatic carbocycles. The van der Waals surface area contributed by atoms with E-state index in [0.29, 0.717) is 28.1 Å². The van der Waals surface area contributed by atoms with Gasteiger partial charge >= 0.3 is 12.0 Å². The van der Waals surface area contributed by atoms with Gasteiger partial charge in [0.1, 0.15) is 12.4 Å². The number of ether oxygens (including phenoxy) is 4. The molecule has 0 fully saturated rings. The van der Waals surface area contributed by atoms with Gasteiger partial charge in [-0.3, -0.25) is 4.79 Å². The summed E-state index contributed by atoms with van der Waals surface area (Å²) in [5.41, 5.74) is 5.82. The van der Waals surface area contributed by atoms with Crippen LogP contribution in [0.15, 0.2) is 95.2 Å². The number of nitrogens with one attached hydrogen (secondary N) is 3. The summed E-state index contributed by atoms with van der Waals surface area (Å²) < 4.78 is 22.5. The van der Waals surface area contributed by atoms with Crippen molar-refractivity contribution in [1.29, 1.82) is 5.26 Å². The van der Waals surface area contributed by atoms with Crippen LogP contribution in [0.25, 0.3) is 10.8 Å². The summed E-state index contributed by atoms with van der Waals surface area (Å²) in [7, 11) is 1.44. The number of nitrogens with zero attached hydrogens (tertiary/aromatic N) is 2. The van der Waals surface area contributed by atoms with E-state index in [1.165, 1.54) is 13.3 Å². The first-order chi connectivity index (χ1) is 23.3. The second-order valence-electron chi connectivity index (χ2n) is 10.6. The minimum absolute atomic E-state index is 0.176. The van der Waals surface area contributed by atoms with Crippen LogP contribution >= 0.6 is 0 Å². The molecule has 3 amide bonds. The van der Waals surface area contributed by atoms with Crippen LogP contribution < -0.4 is 30.3 Å². The summed E-state index contributed by atoms with van der Waals surface area (Å²) in [5.74, 6) is 0.0472. The maximum atomic E-state index is 12.7. The second kappa shape index (κ2) is 15.3. The number of carbonyl (C=O) groups excluding carboxylic acids is 3. The molecule has 0 spiro atoms. The van der Waals surface area contributed by atoms with Crippen molar-refractivity contribution in [2.75, 3.05) is 20.3 Å². The molecule has 12 nitrogen and oxygen atoms in total. The molecule has 1 aliphatic heterocycles. The highest BCUT2D eigenvalue weighted by Gasteiger charge is 2.32. The van der Waals surface area contributed by atoms with Crippen molar-refractivity contribution >= 4 is 34.9 Å². The lowest BCUT2D eigenvalue weighted by atomic mass is 9.95. The Balaban J connectivity index is 1.26. The van der Waals surface area contributed by atoms with Gasteiger partial charge in [0.05, 0.1) is 43.2 Å². The van der Waals surface area contributed by atoms with Gasteiger partial charge in [0, 0.05) is 11.3 Å². The van der Waals surface area contributed by atoms with Crippen LogP contribution in [0.1, 0.15) is 42.1 Å². The fourth-order valence-electron chi connectivity index (χ4n) is 5.12. The molecule has 1 heterocycles. The van der Waals surface area contributed by atoms with E-state index in [0.717, 1.165) is 16.3 Å². The molecule has 0 bridgehead atoms. The third-order valence-corrected chi connectivity index (χ3v) is 7.44. The highest BCUT2D eigenvalue weighted by Crippen LogP contribution is 2.34. The molecule has 0 saturated heterocycles. The van der Waals surface area contributed by atoms with Crippen LogP contribution in [0.5, 0.6) is 17.2 Å². The quantitative estimate of drug-likeness (QED) is 0.110. The molecular weight excluding hydrogens is 614 g/mol. The van der Waals surface area contributed by atoms with Gasteiger partial charge in [0.2, 0.25) is 0 Å². The summed E-state index contributed by atoms with van der Waals surface area (Å²) >= 11 is 0. The lowest BCUT2D eigenvalue weighted by Crippen LogP contribution is -2.45. The number of hydrogen-bond acceptors (Lipinski definition) is 9. The number of esters is 1. The third-order valence-electron chi connectivity index (χ3n) is 7.44. The number of rotatable bonds is 12. The molecule has 12 heteroatoms. The Kier molecular flexibility index (Phi) is 10.5. The molecule has 4 aromatic carbocycles. The maximum Gasteiger partial charge on any atom is 0.338 e. The van der Waals surface area contributed by atoms with E-state index in [4.69, 9.17) is 24.2 Å². The standard InChI is InChI=1S/C36H33N5O7/c1-4-46-35(43)33-22(2)39-36(44)40-34(33)26-14-16-30(31(17-26)45-3)48-21-32(42)41-38-19-28-27-8-6-5-7-25(27)13-15-29(28)47-20-24-11-9-23(18-37)10-12-24/h5-17,19,34H,4,20-21H2,1-3H3,(H,41,42)(H2,39,40,44)/b38-19+/t34-/m1/s1. The van der Waals surface area contributed by atoms with Gasteiger partial charge in [-0.2, -0.15) is 10.4 Å². The van der Waals surface area contributed by atoms with Gasteiger partial charge < -0.3 is 29.6 Å². The van der Waals surface area contributed by atoms with Crippen molar-refractivity contribution in [2.45, 2.75) is 26.5 Å². The first-order valence-corrected chi connectivity index (χ1v) is 15.0. The van der Waals surface area contributed by atoms with Gasteiger partial charge in [-0.1, -0.05) is 48.5 Å². The Morgan fingerprint density at radius 2 is 1.77 bits per heavy atom. The van der Waals surface area contributed by atoms with E-state index in [9.17, 15) is 14.4 Å². The van der Waals surface area contributed by atoms with Gasteiger partial charge in [-0.25, -0.2) is 15.0 Å². The highest BCUT2D eigenvalue weighted by molar-refractivity contribution is 6.02. The summed E-state index contributed by atoms with van der Waals surface area (Å²) in [6.45, 7) is 3.40. The Hall–Kier alpha value is -6.35. The molecule has 0 radical (unpaired) electrons. The number of urea groups is 1. The van der Waals surface area contributed by atoms with E-state index >= 15 is 0 Å². The number of nitriles is 1. The van der Waals surface area contributed by atoms with Crippen molar-refractivity contribution in [3.63, 3.8) is 0 Å². The number of hydrazone groups is 1. The summed E-state index contributed by atoms with van der Waals surface area (Å²) in [5, 5.41) is 20.4. The number of allylic oxidation sites excluding steroid dienone is 1. The zero-order chi connectivity index (χ0) is 34.0. The topological polar surface area (TPSA) is 160 Å². The molecule has 0 saturated carbocycles. The van der Waals surface area contributed by atoms with Crippen LogP contribution in [0.3, 0.4) is 0 Å².